The fourth-order valence-corrected chi connectivity index (χ4v) is 1.38. The van der Waals surface area contributed by atoms with Crippen molar-refractivity contribution in [3.8, 4) is 18.1 Å². The SMILES string of the molecule is C#CCOc1ccc(C=NN=C(N)N)cc1CC. The van der Waals surface area contributed by atoms with E-state index in [1.807, 2.05) is 25.1 Å². The first-order chi connectivity index (χ1) is 8.67. The molecule has 0 heterocycles. The van der Waals surface area contributed by atoms with Gasteiger partial charge in [0, 0.05) is 0 Å². The number of hydrogen-bond acceptors (Lipinski definition) is 3. The predicted octanol–water partition coefficient (Wildman–Crippen LogP) is 0.868. The Hall–Kier alpha value is -2.48. The summed E-state index contributed by atoms with van der Waals surface area (Å²) < 4.78 is 5.43. The third-order valence-corrected chi connectivity index (χ3v) is 2.16. The zero-order chi connectivity index (χ0) is 13.4. The molecular formula is C13H16N4O. The molecule has 5 nitrogen and oxygen atoms in total. The van der Waals surface area contributed by atoms with Crippen molar-refractivity contribution in [2.24, 2.45) is 21.7 Å². The van der Waals surface area contributed by atoms with Crippen LogP contribution in [0, 0.1) is 12.3 Å². The average Bonchev–Trinajstić information content (AvgIpc) is 2.36. The molecule has 18 heavy (non-hydrogen) atoms. The van der Waals surface area contributed by atoms with Gasteiger partial charge in [0.2, 0.25) is 5.96 Å². The number of nitrogens with zero attached hydrogens (tertiary/aromatic N) is 2. The van der Waals surface area contributed by atoms with Gasteiger partial charge in [-0.15, -0.1) is 11.5 Å². The lowest BCUT2D eigenvalue weighted by molar-refractivity contribution is 0.366. The molecule has 0 aliphatic heterocycles. The number of benzene rings is 1. The van der Waals surface area contributed by atoms with E-state index in [1.54, 1.807) is 6.21 Å². The number of hydrogen-bond donors (Lipinski definition) is 2. The summed E-state index contributed by atoms with van der Waals surface area (Å²) >= 11 is 0. The van der Waals surface area contributed by atoms with Gasteiger partial charge in [-0.25, -0.2) is 0 Å². The van der Waals surface area contributed by atoms with E-state index in [4.69, 9.17) is 22.6 Å². The summed E-state index contributed by atoms with van der Waals surface area (Å²) in [7, 11) is 0. The molecule has 0 saturated carbocycles. The van der Waals surface area contributed by atoms with Gasteiger partial charge in [0.1, 0.15) is 12.4 Å². The van der Waals surface area contributed by atoms with E-state index in [0.717, 1.165) is 23.3 Å². The number of nitrogens with two attached hydrogens (primary N) is 2. The summed E-state index contributed by atoms with van der Waals surface area (Å²) in [6.45, 7) is 2.30. The van der Waals surface area contributed by atoms with Crippen LogP contribution in [0.15, 0.2) is 28.4 Å². The Balaban J connectivity index is 2.88. The Morgan fingerprint density at radius 3 is 2.89 bits per heavy atom. The molecule has 0 unspecified atom stereocenters. The smallest absolute Gasteiger partial charge is 0.211 e. The summed E-state index contributed by atoms with van der Waals surface area (Å²) in [4.78, 5) is 0. The quantitative estimate of drug-likeness (QED) is 0.349. The van der Waals surface area contributed by atoms with E-state index in [1.165, 1.54) is 0 Å². The lowest BCUT2D eigenvalue weighted by Gasteiger charge is -2.08. The molecule has 0 aliphatic carbocycles. The van der Waals surface area contributed by atoms with E-state index in [2.05, 4.69) is 16.1 Å². The molecule has 94 valence electrons. The number of ether oxygens (including phenoxy) is 1. The van der Waals surface area contributed by atoms with Crippen molar-refractivity contribution < 1.29 is 4.74 Å². The molecule has 0 fully saturated rings. The van der Waals surface area contributed by atoms with Crippen molar-refractivity contribution in [3.63, 3.8) is 0 Å². The van der Waals surface area contributed by atoms with Crippen LogP contribution in [0.2, 0.25) is 0 Å². The van der Waals surface area contributed by atoms with Crippen molar-refractivity contribution >= 4 is 12.2 Å². The third kappa shape index (κ3) is 4.18. The van der Waals surface area contributed by atoms with Crippen LogP contribution < -0.4 is 16.2 Å². The molecule has 0 atom stereocenters. The average molecular weight is 244 g/mol. The van der Waals surface area contributed by atoms with Crippen LogP contribution in [-0.2, 0) is 6.42 Å². The zero-order valence-corrected chi connectivity index (χ0v) is 10.3. The summed E-state index contributed by atoms with van der Waals surface area (Å²) in [5.41, 5.74) is 12.3. The first-order valence-corrected chi connectivity index (χ1v) is 5.48. The summed E-state index contributed by atoms with van der Waals surface area (Å²) in [6.07, 6.45) is 7.57. The maximum atomic E-state index is 5.43. The van der Waals surface area contributed by atoms with Gasteiger partial charge < -0.3 is 16.2 Å². The van der Waals surface area contributed by atoms with Gasteiger partial charge in [0.15, 0.2) is 0 Å². The fraction of sp³-hybridized carbons (Fsp3) is 0.231. The lowest BCUT2D eigenvalue weighted by Crippen LogP contribution is -2.21. The van der Waals surface area contributed by atoms with Crippen LogP contribution in [0.1, 0.15) is 18.1 Å². The molecule has 5 heteroatoms. The normalized spacial score (nSPS) is 10.0. The molecule has 0 saturated heterocycles. The highest BCUT2D eigenvalue weighted by atomic mass is 16.5. The minimum Gasteiger partial charge on any atom is -0.481 e. The van der Waals surface area contributed by atoms with Gasteiger partial charge >= 0.3 is 0 Å². The van der Waals surface area contributed by atoms with Gasteiger partial charge in [-0.3, -0.25) is 0 Å². The number of terminal acetylenes is 1. The topological polar surface area (TPSA) is 86.0 Å². The van der Waals surface area contributed by atoms with E-state index in [-0.39, 0.29) is 12.6 Å². The molecule has 1 aromatic rings. The highest BCUT2D eigenvalue weighted by molar-refractivity contribution is 5.82. The van der Waals surface area contributed by atoms with Crippen LogP contribution in [0.4, 0.5) is 0 Å². The Morgan fingerprint density at radius 2 is 2.28 bits per heavy atom. The van der Waals surface area contributed by atoms with E-state index in [9.17, 15) is 0 Å². The first kappa shape index (κ1) is 13.6. The predicted molar refractivity (Wildman–Crippen MR) is 73.6 cm³/mol. The summed E-state index contributed by atoms with van der Waals surface area (Å²) in [5.74, 6) is 3.15. The lowest BCUT2D eigenvalue weighted by atomic mass is 10.1. The number of aryl methyl sites for hydroxylation is 1. The molecule has 0 bridgehead atoms. The minimum atomic E-state index is -0.0732. The Kier molecular flexibility index (Phi) is 5.26. The Bertz CT molecular complexity index is 496. The van der Waals surface area contributed by atoms with Crippen LogP contribution >= 0.6 is 0 Å². The van der Waals surface area contributed by atoms with Gasteiger partial charge in [-0.05, 0) is 35.7 Å². The Morgan fingerprint density at radius 1 is 1.50 bits per heavy atom. The number of guanidine groups is 1. The molecule has 0 aliphatic rings. The fourth-order valence-electron chi connectivity index (χ4n) is 1.38. The summed E-state index contributed by atoms with van der Waals surface area (Å²) in [5, 5.41) is 7.28. The maximum Gasteiger partial charge on any atom is 0.211 e. The maximum absolute atomic E-state index is 5.43. The highest BCUT2D eigenvalue weighted by Gasteiger charge is 2.02. The standard InChI is InChI=1S/C13H16N4O/c1-3-7-18-12-6-5-10(8-11(12)4-2)9-16-17-13(14)15/h1,5-6,8-9H,4,7H2,2H3,(H4,14,15,17). The third-order valence-electron chi connectivity index (χ3n) is 2.16. The van der Waals surface area contributed by atoms with Gasteiger partial charge in [0.05, 0.1) is 6.21 Å². The second-order valence-electron chi connectivity index (χ2n) is 3.48. The van der Waals surface area contributed by atoms with Crippen molar-refractivity contribution in [1.29, 1.82) is 0 Å². The molecular weight excluding hydrogens is 228 g/mol. The monoisotopic (exact) mass is 244 g/mol. The molecule has 0 amide bonds. The van der Waals surface area contributed by atoms with Crippen LogP contribution in [-0.4, -0.2) is 18.8 Å². The molecule has 4 N–H and O–H groups in total. The Labute approximate surface area is 107 Å². The van der Waals surface area contributed by atoms with E-state index >= 15 is 0 Å². The largest absolute Gasteiger partial charge is 0.481 e. The van der Waals surface area contributed by atoms with Gasteiger partial charge in [-0.2, -0.15) is 5.10 Å². The van der Waals surface area contributed by atoms with Crippen molar-refractivity contribution in [2.75, 3.05) is 6.61 Å². The summed E-state index contributed by atoms with van der Waals surface area (Å²) in [6, 6.07) is 5.67. The molecule has 0 radical (unpaired) electrons. The zero-order valence-electron chi connectivity index (χ0n) is 10.3. The highest BCUT2D eigenvalue weighted by Crippen LogP contribution is 2.20. The molecule has 1 aromatic carbocycles. The van der Waals surface area contributed by atoms with Crippen LogP contribution in [0.3, 0.4) is 0 Å². The second kappa shape index (κ2) is 6.97. The van der Waals surface area contributed by atoms with E-state index < -0.39 is 0 Å². The van der Waals surface area contributed by atoms with Gasteiger partial charge in [0.25, 0.3) is 0 Å². The minimum absolute atomic E-state index is 0.0732. The first-order valence-electron chi connectivity index (χ1n) is 5.48. The second-order valence-corrected chi connectivity index (χ2v) is 3.48. The molecule has 1 rings (SSSR count). The van der Waals surface area contributed by atoms with Crippen molar-refractivity contribution in [1.82, 2.24) is 0 Å². The van der Waals surface area contributed by atoms with Crippen LogP contribution in [0.5, 0.6) is 5.75 Å². The van der Waals surface area contributed by atoms with Gasteiger partial charge in [-0.1, -0.05) is 12.8 Å². The van der Waals surface area contributed by atoms with E-state index in [0.29, 0.717) is 0 Å². The molecule has 0 aromatic heterocycles. The van der Waals surface area contributed by atoms with Crippen molar-refractivity contribution in [3.05, 3.63) is 29.3 Å². The number of rotatable bonds is 5. The molecule has 0 spiro atoms. The van der Waals surface area contributed by atoms with Crippen molar-refractivity contribution in [2.45, 2.75) is 13.3 Å². The van der Waals surface area contributed by atoms with Crippen LogP contribution in [0.25, 0.3) is 0 Å².